The molecular weight excluding hydrogens is 730 g/mol. The molecule has 0 radical (unpaired) electrons. The highest BCUT2D eigenvalue weighted by Crippen LogP contribution is 2.41. The highest BCUT2D eigenvalue weighted by Gasteiger charge is 2.35. The number of ether oxygens (including phenoxy) is 2. The number of H-pyrrole nitrogens is 1. The Labute approximate surface area is 322 Å². The first kappa shape index (κ1) is 40.2. The van der Waals surface area contributed by atoms with Gasteiger partial charge in [0.25, 0.3) is 0 Å². The smallest absolute Gasteiger partial charge is 0.419 e. The summed E-state index contributed by atoms with van der Waals surface area (Å²) in [6.07, 6.45) is 0.232. The molecule has 1 aliphatic rings. The lowest BCUT2D eigenvalue weighted by atomic mass is 9.95. The zero-order chi connectivity index (χ0) is 40.5. The van der Waals surface area contributed by atoms with E-state index in [4.69, 9.17) is 14.6 Å². The number of anilines is 1. The van der Waals surface area contributed by atoms with Crippen LogP contribution in [0.2, 0.25) is 0 Å². The summed E-state index contributed by atoms with van der Waals surface area (Å²) >= 11 is 0. The third kappa shape index (κ3) is 8.21. The minimum atomic E-state index is -4.58. The van der Waals surface area contributed by atoms with Gasteiger partial charge in [0.15, 0.2) is 0 Å². The molecule has 15 heteroatoms. The van der Waals surface area contributed by atoms with Crippen LogP contribution in [-0.4, -0.2) is 55.0 Å². The van der Waals surface area contributed by atoms with Crippen LogP contribution in [0.3, 0.4) is 0 Å². The van der Waals surface area contributed by atoms with E-state index in [0.29, 0.717) is 60.0 Å². The quantitative estimate of drug-likeness (QED) is 0.101. The Balaban J connectivity index is 1.42. The van der Waals surface area contributed by atoms with Gasteiger partial charge in [-0.05, 0) is 62.8 Å². The van der Waals surface area contributed by atoms with Crippen molar-refractivity contribution in [2.45, 2.75) is 105 Å². The Morgan fingerprint density at radius 1 is 1.02 bits per heavy atom. The van der Waals surface area contributed by atoms with Crippen LogP contribution in [0.5, 0.6) is 0 Å². The van der Waals surface area contributed by atoms with Crippen molar-refractivity contribution in [1.82, 2.24) is 30.0 Å². The summed E-state index contributed by atoms with van der Waals surface area (Å²) in [5.41, 5.74) is 4.24. The zero-order valence-corrected chi connectivity index (χ0v) is 32.6. The van der Waals surface area contributed by atoms with Crippen LogP contribution < -0.4 is 10.2 Å². The Morgan fingerprint density at radius 3 is 2.30 bits per heavy atom. The Morgan fingerprint density at radius 2 is 1.70 bits per heavy atom. The van der Waals surface area contributed by atoms with E-state index < -0.39 is 41.3 Å². The topological polar surface area (TPSA) is 127 Å². The van der Waals surface area contributed by atoms with Gasteiger partial charge in [0.05, 0.1) is 28.2 Å². The van der Waals surface area contributed by atoms with Crippen LogP contribution in [0.25, 0.3) is 27.8 Å². The number of aromatic nitrogens is 5. The van der Waals surface area contributed by atoms with Gasteiger partial charge >= 0.3 is 18.2 Å². The molecule has 6 rings (SSSR count). The van der Waals surface area contributed by atoms with Gasteiger partial charge in [-0.25, -0.2) is 28.6 Å². The number of para-hydroxylation sites is 1. The minimum Gasteiger partial charge on any atom is -0.459 e. The minimum absolute atomic E-state index is 0.117. The van der Waals surface area contributed by atoms with E-state index in [2.05, 4.69) is 20.3 Å². The molecule has 2 aromatic carbocycles. The van der Waals surface area contributed by atoms with Gasteiger partial charge in [-0.3, -0.25) is 0 Å². The molecule has 0 spiro atoms. The first-order valence-electron chi connectivity index (χ1n) is 18.9. The van der Waals surface area contributed by atoms with Crippen molar-refractivity contribution in [2.24, 2.45) is 5.92 Å². The van der Waals surface area contributed by atoms with Crippen molar-refractivity contribution in [2.75, 3.05) is 11.4 Å². The fraction of sp³-hybridized carbons (Fsp3) is 0.439. The molecule has 3 aromatic heterocycles. The van der Waals surface area contributed by atoms with Crippen molar-refractivity contribution in [3.8, 4) is 16.9 Å². The molecule has 11 nitrogen and oxygen atoms in total. The summed E-state index contributed by atoms with van der Waals surface area (Å²) in [4.78, 5) is 39.1. The molecule has 0 saturated heterocycles. The van der Waals surface area contributed by atoms with E-state index in [-0.39, 0.29) is 30.6 Å². The molecule has 0 saturated carbocycles. The van der Waals surface area contributed by atoms with E-state index in [1.54, 1.807) is 37.9 Å². The summed E-state index contributed by atoms with van der Waals surface area (Å²) in [6.45, 7) is 13.2. The Bertz CT molecular complexity index is 2200. The van der Waals surface area contributed by atoms with Crippen molar-refractivity contribution < 1.29 is 36.6 Å². The number of alkyl carbamates (subject to hydrolysis) is 1. The lowest BCUT2D eigenvalue weighted by molar-refractivity contribution is -0.149. The maximum atomic E-state index is 17.0. The summed E-state index contributed by atoms with van der Waals surface area (Å²) in [6, 6.07) is 8.11. The molecule has 0 aliphatic carbocycles. The Kier molecular flexibility index (Phi) is 11.4. The number of fused-ring (bicyclic) bond motifs is 2. The number of aromatic amines is 1. The number of carbonyl (C=O) groups is 2. The van der Waals surface area contributed by atoms with Crippen molar-refractivity contribution in [3.63, 3.8) is 0 Å². The third-order valence-electron chi connectivity index (χ3n) is 10.1. The molecule has 298 valence electrons. The SMILES string of the molecule is CCc1cccc(CC)c1-n1nc2c(c1-c1c(F)cc(COC(=O)[C@@H](NC(=O)OC(C)(C)C)[C@@H](C)CC)c3[nH]ccc13)CN(c1ncc(C(F)(F)F)cn1)CC2. The number of aryl methyl sites for hydroxylation is 2. The van der Waals surface area contributed by atoms with Crippen molar-refractivity contribution in [3.05, 3.63) is 88.3 Å². The number of esters is 1. The first-order valence-corrected chi connectivity index (χ1v) is 18.9. The fourth-order valence-corrected chi connectivity index (χ4v) is 7.05. The van der Waals surface area contributed by atoms with Gasteiger partial charge in [0.2, 0.25) is 5.95 Å². The monoisotopic (exact) mass is 777 g/mol. The van der Waals surface area contributed by atoms with Crippen LogP contribution >= 0.6 is 0 Å². The second-order valence-corrected chi connectivity index (χ2v) is 15.0. The van der Waals surface area contributed by atoms with Gasteiger partial charge in [-0.2, -0.15) is 18.3 Å². The van der Waals surface area contributed by atoms with Crippen LogP contribution in [0, 0.1) is 11.7 Å². The number of alkyl halides is 3. The summed E-state index contributed by atoms with van der Waals surface area (Å²) in [5.74, 6) is -1.44. The molecule has 0 unspecified atom stereocenters. The van der Waals surface area contributed by atoms with Gasteiger partial charge < -0.3 is 24.7 Å². The molecule has 1 amide bonds. The highest BCUT2D eigenvalue weighted by molar-refractivity contribution is 5.98. The molecule has 56 heavy (non-hydrogen) atoms. The molecule has 1 aliphatic heterocycles. The van der Waals surface area contributed by atoms with E-state index in [1.165, 1.54) is 6.07 Å². The third-order valence-corrected chi connectivity index (χ3v) is 10.1. The zero-order valence-electron chi connectivity index (χ0n) is 32.6. The van der Waals surface area contributed by atoms with Crippen LogP contribution in [0.15, 0.2) is 48.9 Å². The lowest BCUT2D eigenvalue weighted by Gasteiger charge is -2.27. The number of amides is 1. The number of benzene rings is 2. The van der Waals surface area contributed by atoms with Gasteiger partial charge in [0, 0.05) is 60.2 Å². The van der Waals surface area contributed by atoms with Crippen LogP contribution in [-0.2, 0) is 52.9 Å². The molecule has 2 atom stereocenters. The largest absolute Gasteiger partial charge is 0.459 e. The molecule has 0 fully saturated rings. The fourth-order valence-electron chi connectivity index (χ4n) is 7.05. The number of nitrogens with one attached hydrogen (secondary N) is 2. The number of halogens is 4. The summed E-state index contributed by atoms with van der Waals surface area (Å²) in [5, 5.41) is 8.25. The average Bonchev–Trinajstić information content (AvgIpc) is 3.79. The van der Waals surface area contributed by atoms with E-state index >= 15 is 4.39 Å². The molecule has 0 bridgehead atoms. The number of carbonyl (C=O) groups excluding carboxylic acids is 2. The molecule has 5 aromatic rings. The predicted octanol–water partition coefficient (Wildman–Crippen LogP) is 8.64. The summed E-state index contributed by atoms with van der Waals surface area (Å²) < 4.78 is 69.9. The Hall–Kier alpha value is -5.47. The van der Waals surface area contributed by atoms with Gasteiger partial charge in [0.1, 0.15) is 24.1 Å². The first-order chi connectivity index (χ1) is 26.5. The number of nitrogens with zero attached hydrogens (tertiary/aromatic N) is 5. The van der Waals surface area contributed by atoms with E-state index in [9.17, 15) is 22.8 Å². The normalized spacial score (nSPS) is 14.4. The standard InChI is InChI=1S/C41H47F4N7O4/c1-8-23(4)33(49-39(54)56-40(5,6)7)37(53)55-22-26-18-30(42)32(28-14-16-46-34(26)28)36-29-21-51(38-47-19-27(20-48-38)41(43,44)45)17-15-31(29)50-52(36)35-24(9-2)12-11-13-25(35)10-3/h11-14,16,18-20,23,33,46H,8-10,15,17,21-22H2,1-7H3,(H,49,54)/t23-,33-/m0/s1. The number of hydrogen-bond acceptors (Lipinski definition) is 8. The van der Waals surface area contributed by atoms with E-state index in [0.717, 1.165) is 34.9 Å². The van der Waals surface area contributed by atoms with Gasteiger partial charge in [-0.15, -0.1) is 0 Å². The second-order valence-electron chi connectivity index (χ2n) is 15.0. The number of rotatable bonds is 11. The molecule has 4 heterocycles. The predicted molar refractivity (Wildman–Crippen MR) is 204 cm³/mol. The van der Waals surface area contributed by atoms with Crippen molar-refractivity contribution >= 4 is 28.9 Å². The number of hydrogen-bond donors (Lipinski definition) is 2. The molecular formula is C41H47F4N7O4. The molecule has 2 N–H and O–H groups in total. The highest BCUT2D eigenvalue weighted by atomic mass is 19.4. The van der Waals surface area contributed by atoms with Crippen LogP contribution in [0.4, 0.5) is 28.3 Å². The summed E-state index contributed by atoms with van der Waals surface area (Å²) in [7, 11) is 0. The second kappa shape index (κ2) is 15.9. The van der Waals surface area contributed by atoms with Crippen molar-refractivity contribution in [1.29, 1.82) is 0 Å². The maximum Gasteiger partial charge on any atom is 0.419 e. The van der Waals surface area contributed by atoms with Crippen LogP contribution in [0.1, 0.15) is 88.4 Å². The van der Waals surface area contributed by atoms with Gasteiger partial charge in [-0.1, -0.05) is 52.3 Å². The maximum absolute atomic E-state index is 17.0. The lowest BCUT2D eigenvalue weighted by Crippen LogP contribution is -2.47. The van der Waals surface area contributed by atoms with E-state index in [1.807, 2.05) is 50.6 Å². The average molecular weight is 778 g/mol.